The van der Waals surface area contributed by atoms with Gasteiger partial charge in [-0.05, 0) is 66.8 Å². The zero-order valence-electron chi connectivity index (χ0n) is 74.1. The van der Waals surface area contributed by atoms with Gasteiger partial charge in [0.2, 0.25) is 0 Å². The molecule has 4 heterocycles. The molecule has 0 radical (unpaired) electrons. The van der Waals surface area contributed by atoms with E-state index in [4.69, 9.17) is 94.7 Å². The first-order chi connectivity index (χ1) is 65.3. The maximum absolute atomic E-state index is 13.9. The van der Waals surface area contributed by atoms with Crippen molar-refractivity contribution in [2.24, 2.45) is 0 Å². The van der Waals surface area contributed by atoms with E-state index in [1.165, 1.54) is 0 Å². The van der Waals surface area contributed by atoms with Gasteiger partial charge in [0, 0.05) is 0 Å². The molecule has 0 aromatic heterocycles. The van der Waals surface area contributed by atoms with E-state index >= 15 is 0 Å². The van der Waals surface area contributed by atoms with Crippen LogP contribution in [0.15, 0.2) is 377 Å². The van der Waals surface area contributed by atoms with Gasteiger partial charge in [0.25, 0.3) is 0 Å². The lowest BCUT2D eigenvalue weighted by Crippen LogP contribution is -2.69. The Kier molecular flexibility index (Phi) is 36.7. The molecular formula is C111H118O21. The van der Waals surface area contributed by atoms with Crippen LogP contribution in [0.3, 0.4) is 0 Å². The van der Waals surface area contributed by atoms with E-state index in [-0.39, 0.29) is 112 Å². The van der Waals surface area contributed by atoms with Crippen molar-refractivity contribution in [1.82, 2.24) is 0 Å². The number of hydrogen-bond acceptors (Lipinski definition) is 21. The average molecular weight is 1790 g/mol. The molecule has 4 saturated heterocycles. The van der Waals surface area contributed by atoms with E-state index in [0.717, 1.165) is 66.8 Å². The van der Waals surface area contributed by atoms with Gasteiger partial charge in [-0.3, -0.25) is 0 Å². The van der Waals surface area contributed by atoms with Crippen molar-refractivity contribution in [1.29, 1.82) is 0 Å². The van der Waals surface area contributed by atoms with Crippen LogP contribution in [0.2, 0.25) is 0 Å². The maximum Gasteiger partial charge on any atom is 0.187 e. The molecule has 4 aliphatic heterocycles. The van der Waals surface area contributed by atoms with Crippen LogP contribution in [0.25, 0.3) is 0 Å². The summed E-state index contributed by atoms with van der Waals surface area (Å²) in [6.07, 6.45) is -23.1. The lowest BCUT2D eigenvalue weighted by molar-refractivity contribution is -0.416. The molecule has 0 bridgehead atoms. The lowest BCUT2D eigenvalue weighted by atomic mass is 9.94. The molecular weight excluding hydrogens is 1670 g/mol. The highest BCUT2D eigenvalue weighted by Gasteiger charge is 2.60. The van der Waals surface area contributed by atoms with Crippen LogP contribution < -0.4 is 0 Å². The van der Waals surface area contributed by atoms with Gasteiger partial charge in [0.05, 0.1) is 112 Å². The van der Waals surface area contributed by atoms with E-state index in [1.54, 1.807) is 6.08 Å². The molecule has 1 N–H and O–H groups in total. The fourth-order valence-electron chi connectivity index (χ4n) is 16.8. The van der Waals surface area contributed by atoms with Gasteiger partial charge in [-0.1, -0.05) is 370 Å². The van der Waals surface area contributed by atoms with Gasteiger partial charge in [-0.25, -0.2) is 0 Å². The number of hydrogen-bond donors (Lipinski definition) is 1. The minimum absolute atomic E-state index is 0.00360. The number of aliphatic hydroxyl groups is 1. The first-order valence-corrected chi connectivity index (χ1v) is 45.5. The van der Waals surface area contributed by atoms with Crippen molar-refractivity contribution in [3.8, 4) is 0 Å². The van der Waals surface area contributed by atoms with Crippen LogP contribution in [-0.2, 0) is 174 Å². The third kappa shape index (κ3) is 27.9. The van der Waals surface area contributed by atoms with Gasteiger partial charge in [0.15, 0.2) is 25.2 Å². The molecule has 688 valence electrons. The predicted molar refractivity (Wildman–Crippen MR) is 496 cm³/mol. The van der Waals surface area contributed by atoms with Crippen LogP contribution in [0.1, 0.15) is 66.8 Å². The van der Waals surface area contributed by atoms with E-state index < -0.39 is 123 Å². The van der Waals surface area contributed by atoms with E-state index in [9.17, 15) is 5.11 Å². The SMILES string of the molecule is C=CCO[C@H]1O[C@H](COCc2ccccc2)[C@@H](OCc2ccccc2)[C@H](OCc2ccccc2)[C@@H]1O[C@H]1O[C@H](COCc2ccccc2)[C@@H](OCc2ccccc2)[C@H](OCc2ccccc2)[C@@H]1O[C@@H]1O[C@H](COCc2ccccc2)[C@@H](OCc2ccccc2)[C@H](OCc2ccccc2)[C@@H]1O[C@@H]1O[C@H](COCc2ccccc2)[C@@H](OCc2ccccc2)[C@H](OCc2ccccc2)[C@@H]1O. The molecule has 132 heavy (non-hydrogen) atoms. The molecule has 0 unspecified atom stereocenters. The summed E-state index contributed by atoms with van der Waals surface area (Å²) in [6.45, 7) is 5.37. The van der Waals surface area contributed by atoms with Gasteiger partial charge in [-0.2, -0.15) is 0 Å². The fourth-order valence-corrected chi connectivity index (χ4v) is 16.8. The summed E-state index contributed by atoms with van der Waals surface area (Å²) < 4.78 is 148. The first-order valence-electron chi connectivity index (χ1n) is 45.5. The molecule has 0 spiro atoms. The Balaban J connectivity index is 0.871. The monoisotopic (exact) mass is 1790 g/mol. The maximum atomic E-state index is 13.9. The van der Waals surface area contributed by atoms with Crippen LogP contribution in [0.5, 0.6) is 0 Å². The van der Waals surface area contributed by atoms with Crippen LogP contribution in [0, 0.1) is 0 Å². The highest BCUT2D eigenvalue weighted by atomic mass is 16.8. The van der Waals surface area contributed by atoms with Crippen molar-refractivity contribution in [2.75, 3.05) is 33.0 Å². The smallest absolute Gasteiger partial charge is 0.187 e. The first kappa shape index (κ1) is 94.7. The van der Waals surface area contributed by atoms with E-state index in [0.29, 0.717) is 0 Å². The van der Waals surface area contributed by atoms with Crippen LogP contribution in [0.4, 0.5) is 0 Å². The standard InChI is InChI=1S/C111H118O21/c1-2-63-117-109-105(102(123-73-89-57-33-12-34-58-89)98(119-69-85-49-25-8-26-50-85)93(127-109)77-114-65-81-41-17-4-18-42-81)131-111-107(104(125-75-91-61-37-14-38-62-91)100(121-71-87-53-29-10-30-54-87)95(129-111)79-116-67-83-45-21-6-22-46-83)132-110-106(103(124-74-90-59-35-13-36-60-90)99(120-70-86-51-27-9-28-52-86)94(128-110)78-115-66-82-43-19-5-20-44-82)130-108-96(112)101(122-72-88-55-31-11-32-56-88)97(118-68-84-47-23-7-24-48-84)92(126-108)76-113-64-80-39-15-3-16-40-80/h2-62,92-112H,1,63-79H2/t92-,93-,94-,95-,96+,97-,98-,99-,100-,101-,102+,103+,104+,105+,106+,107+,108+,109+,110+,111-/m1/s1. The number of ether oxygens (including phenoxy) is 20. The minimum atomic E-state index is -1.65. The zero-order valence-corrected chi connectivity index (χ0v) is 74.1. The highest BCUT2D eigenvalue weighted by molar-refractivity contribution is 5.23. The Labute approximate surface area is 774 Å². The molecule has 16 rings (SSSR count). The van der Waals surface area contributed by atoms with Crippen molar-refractivity contribution < 1.29 is 99.8 Å². The Morgan fingerprint density at radius 2 is 0.371 bits per heavy atom. The largest absolute Gasteiger partial charge is 0.385 e. The van der Waals surface area contributed by atoms with Gasteiger partial charge < -0.3 is 99.8 Å². The van der Waals surface area contributed by atoms with Crippen LogP contribution >= 0.6 is 0 Å². The third-order valence-corrected chi connectivity index (χ3v) is 23.5. The normalized spacial score (nSPS) is 25.5. The Morgan fingerprint density at radius 3 is 0.598 bits per heavy atom. The summed E-state index contributed by atoms with van der Waals surface area (Å²) in [5.41, 5.74) is 10.6. The summed E-state index contributed by atoms with van der Waals surface area (Å²) in [6, 6.07) is 119. The van der Waals surface area contributed by atoms with Gasteiger partial charge in [-0.15, -0.1) is 6.58 Å². The van der Waals surface area contributed by atoms with Crippen molar-refractivity contribution in [3.63, 3.8) is 0 Å². The third-order valence-electron chi connectivity index (χ3n) is 23.5. The van der Waals surface area contributed by atoms with Crippen molar-refractivity contribution in [2.45, 2.75) is 202 Å². The second kappa shape index (κ2) is 51.1. The quantitative estimate of drug-likeness (QED) is 0.0352. The average Bonchev–Trinajstić information content (AvgIpc) is 0.753. The van der Waals surface area contributed by atoms with E-state index in [1.807, 2.05) is 364 Å². The summed E-state index contributed by atoms with van der Waals surface area (Å²) in [7, 11) is 0. The van der Waals surface area contributed by atoms with Crippen LogP contribution in [-0.4, -0.2) is 161 Å². The molecule has 20 atom stereocenters. The predicted octanol–water partition coefficient (Wildman–Crippen LogP) is 18.2. The number of benzene rings is 12. The molecule has 12 aromatic carbocycles. The Bertz CT molecular complexity index is 5160. The summed E-state index contributed by atoms with van der Waals surface area (Å²) >= 11 is 0. The van der Waals surface area contributed by atoms with Gasteiger partial charge in [0.1, 0.15) is 97.7 Å². The van der Waals surface area contributed by atoms with Crippen molar-refractivity contribution in [3.05, 3.63) is 443 Å². The summed E-state index contributed by atoms with van der Waals surface area (Å²) in [4.78, 5) is 0. The second-order valence-electron chi connectivity index (χ2n) is 33.2. The molecule has 0 amide bonds. The molecule has 21 heteroatoms. The summed E-state index contributed by atoms with van der Waals surface area (Å²) in [5, 5.41) is 13.9. The molecule has 4 fully saturated rings. The minimum Gasteiger partial charge on any atom is -0.385 e. The topological polar surface area (TPSA) is 205 Å². The molecule has 21 nitrogen and oxygen atoms in total. The summed E-state index contributed by atoms with van der Waals surface area (Å²) in [5.74, 6) is 0. The number of aliphatic hydroxyl groups excluding tert-OH is 1. The Hall–Kier alpha value is -10.5. The molecule has 0 saturated carbocycles. The molecule has 0 aliphatic carbocycles. The van der Waals surface area contributed by atoms with Gasteiger partial charge >= 0.3 is 0 Å². The highest BCUT2D eigenvalue weighted by Crippen LogP contribution is 2.42. The lowest BCUT2D eigenvalue weighted by Gasteiger charge is -2.52. The fraction of sp³-hybridized carbons (Fsp3) is 0.333. The molecule has 12 aromatic rings. The molecule has 4 aliphatic rings. The van der Waals surface area contributed by atoms with E-state index in [2.05, 4.69) is 6.58 Å². The number of rotatable bonds is 49. The Morgan fingerprint density at radius 1 is 0.197 bits per heavy atom. The zero-order chi connectivity index (χ0) is 89.8. The van der Waals surface area contributed by atoms with Crippen molar-refractivity contribution >= 4 is 0 Å². The second-order valence-corrected chi connectivity index (χ2v) is 33.2.